The van der Waals surface area contributed by atoms with E-state index in [1.165, 1.54) is 0 Å². The van der Waals surface area contributed by atoms with Crippen molar-refractivity contribution in [1.82, 2.24) is 15.3 Å². The second kappa shape index (κ2) is 6.64. The Morgan fingerprint density at radius 1 is 1.17 bits per heavy atom. The van der Waals surface area contributed by atoms with Gasteiger partial charge >= 0.3 is 6.18 Å². The third-order valence-electron chi connectivity index (χ3n) is 3.01. The molecular weight excluding hydrogens is 309 g/mol. The molecule has 8 heteroatoms. The van der Waals surface area contributed by atoms with Gasteiger partial charge in [-0.2, -0.15) is 13.2 Å². The number of nitrogens with zero attached hydrogens (tertiary/aromatic N) is 3. The number of hydrogen-bond donors (Lipinski definition) is 1. The first-order valence-electron chi connectivity index (χ1n) is 6.72. The maximum atomic E-state index is 12.5. The first-order valence-corrected chi connectivity index (χ1v) is 6.72. The predicted octanol–water partition coefficient (Wildman–Crippen LogP) is 2.49. The molecule has 1 aromatic heterocycles. The number of nitrogens with one attached hydrogen (secondary N) is 1. The SMILES string of the molecule is CN(C)c1nccc(CNC(=O)c2ccc(C(F)(F)F)cc2)n1. The van der Waals surface area contributed by atoms with Crippen LogP contribution < -0.4 is 10.2 Å². The summed E-state index contributed by atoms with van der Waals surface area (Å²) in [7, 11) is 3.58. The maximum absolute atomic E-state index is 12.5. The van der Waals surface area contributed by atoms with E-state index in [-0.39, 0.29) is 12.1 Å². The summed E-state index contributed by atoms with van der Waals surface area (Å²) in [5.41, 5.74) is -0.0377. The lowest BCUT2D eigenvalue weighted by atomic mass is 10.1. The summed E-state index contributed by atoms with van der Waals surface area (Å²) in [6, 6.07) is 5.69. The van der Waals surface area contributed by atoms with Gasteiger partial charge in [0.1, 0.15) is 0 Å². The molecule has 0 atom stereocenters. The minimum absolute atomic E-state index is 0.153. The minimum Gasteiger partial charge on any atom is -0.347 e. The molecule has 0 bridgehead atoms. The summed E-state index contributed by atoms with van der Waals surface area (Å²) in [5.74, 6) is 0.0371. The maximum Gasteiger partial charge on any atom is 0.416 e. The van der Waals surface area contributed by atoms with Crippen molar-refractivity contribution in [3.05, 3.63) is 53.3 Å². The number of rotatable bonds is 4. The summed E-state index contributed by atoms with van der Waals surface area (Å²) in [5, 5.41) is 2.61. The molecule has 1 aromatic carbocycles. The molecule has 0 spiro atoms. The van der Waals surface area contributed by atoms with Crippen molar-refractivity contribution in [1.29, 1.82) is 0 Å². The number of halogens is 3. The highest BCUT2D eigenvalue weighted by Crippen LogP contribution is 2.29. The molecule has 0 unspecified atom stereocenters. The van der Waals surface area contributed by atoms with Crippen molar-refractivity contribution >= 4 is 11.9 Å². The Labute approximate surface area is 131 Å². The van der Waals surface area contributed by atoms with Crippen molar-refractivity contribution in [2.45, 2.75) is 12.7 Å². The van der Waals surface area contributed by atoms with Crippen LogP contribution in [0.2, 0.25) is 0 Å². The molecule has 0 aliphatic carbocycles. The topological polar surface area (TPSA) is 58.1 Å². The van der Waals surface area contributed by atoms with Crippen LogP contribution in [0.1, 0.15) is 21.6 Å². The number of carbonyl (C=O) groups is 1. The van der Waals surface area contributed by atoms with Crippen LogP contribution in [0, 0.1) is 0 Å². The number of anilines is 1. The lowest BCUT2D eigenvalue weighted by molar-refractivity contribution is -0.137. The molecule has 0 fully saturated rings. The summed E-state index contributed by atoms with van der Waals surface area (Å²) in [4.78, 5) is 22.0. The third-order valence-corrected chi connectivity index (χ3v) is 3.01. The van der Waals surface area contributed by atoms with Gasteiger partial charge in [-0.05, 0) is 30.3 Å². The average molecular weight is 324 g/mol. The van der Waals surface area contributed by atoms with E-state index in [0.717, 1.165) is 24.3 Å². The Balaban J connectivity index is 2.01. The molecule has 0 aliphatic heterocycles. The highest BCUT2D eigenvalue weighted by Gasteiger charge is 2.30. The number of alkyl halides is 3. The third kappa shape index (κ3) is 4.41. The summed E-state index contributed by atoms with van der Waals surface area (Å²) < 4.78 is 37.4. The Kier molecular flexibility index (Phi) is 4.83. The zero-order chi connectivity index (χ0) is 17.0. The normalized spacial score (nSPS) is 11.2. The summed E-state index contributed by atoms with van der Waals surface area (Å²) in [6.45, 7) is 0.156. The van der Waals surface area contributed by atoms with E-state index in [2.05, 4.69) is 15.3 Å². The summed E-state index contributed by atoms with van der Waals surface area (Å²) in [6.07, 6.45) is -2.85. The molecule has 5 nitrogen and oxygen atoms in total. The van der Waals surface area contributed by atoms with Crippen LogP contribution in [-0.2, 0) is 12.7 Å². The van der Waals surface area contributed by atoms with E-state index in [4.69, 9.17) is 0 Å². The second-order valence-electron chi connectivity index (χ2n) is 5.00. The van der Waals surface area contributed by atoms with Gasteiger partial charge in [-0.25, -0.2) is 9.97 Å². The van der Waals surface area contributed by atoms with Gasteiger partial charge in [-0.3, -0.25) is 4.79 Å². The van der Waals surface area contributed by atoms with E-state index < -0.39 is 17.6 Å². The minimum atomic E-state index is -4.42. The quantitative estimate of drug-likeness (QED) is 0.939. The van der Waals surface area contributed by atoms with E-state index in [0.29, 0.717) is 11.6 Å². The number of amides is 1. The van der Waals surface area contributed by atoms with E-state index in [1.807, 2.05) is 0 Å². The fraction of sp³-hybridized carbons (Fsp3) is 0.267. The number of carbonyl (C=O) groups excluding carboxylic acids is 1. The average Bonchev–Trinajstić information content (AvgIpc) is 2.52. The Morgan fingerprint density at radius 3 is 2.39 bits per heavy atom. The van der Waals surface area contributed by atoms with Gasteiger partial charge in [0.15, 0.2) is 0 Å². The van der Waals surface area contributed by atoms with E-state index in [9.17, 15) is 18.0 Å². The molecule has 2 rings (SSSR count). The molecular formula is C15H15F3N4O. The van der Waals surface area contributed by atoms with Gasteiger partial charge in [0.05, 0.1) is 17.8 Å². The van der Waals surface area contributed by atoms with Gasteiger partial charge in [0, 0.05) is 25.9 Å². The lowest BCUT2D eigenvalue weighted by Gasteiger charge is -2.11. The van der Waals surface area contributed by atoms with Crippen molar-refractivity contribution in [3.8, 4) is 0 Å². The van der Waals surface area contributed by atoms with Crippen LogP contribution in [0.3, 0.4) is 0 Å². The number of benzene rings is 1. The van der Waals surface area contributed by atoms with Gasteiger partial charge < -0.3 is 10.2 Å². The molecule has 1 amide bonds. The smallest absolute Gasteiger partial charge is 0.347 e. The number of aromatic nitrogens is 2. The van der Waals surface area contributed by atoms with Crippen LogP contribution in [0.4, 0.5) is 19.1 Å². The van der Waals surface area contributed by atoms with Gasteiger partial charge in [0.2, 0.25) is 5.95 Å². The molecule has 0 saturated carbocycles. The van der Waals surface area contributed by atoms with Crippen molar-refractivity contribution in [2.24, 2.45) is 0 Å². The van der Waals surface area contributed by atoms with E-state index >= 15 is 0 Å². The molecule has 1 heterocycles. The van der Waals surface area contributed by atoms with Gasteiger partial charge in [0.25, 0.3) is 5.91 Å². The molecule has 0 saturated heterocycles. The molecule has 122 valence electrons. The highest BCUT2D eigenvalue weighted by atomic mass is 19.4. The zero-order valence-electron chi connectivity index (χ0n) is 12.6. The molecule has 23 heavy (non-hydrogen) atoms. The van der Waals surface area contributed by atoms with Crippen LogP contribution in [0.25, 0.3) is 0 Å². The lowest BCUT2D eigenvalue weighted by Crippen LogP contribution is -2.24. The standard InChI is InChI=1S/C15H15F3N4O/c1-22(2)14-19-8-7-12(21-14)9-20-13(23)10-3-5-11(6-4-10)15(16,17)18/h3-8H,9H2,1-2H3,(H,20,23). The first kappa shape index (κ1) is 16.7. The van der Waals surface area contributed by atoms with Crippen LogP contribution in [0.15, 0.2) is 36.5 Å². The Morgan fingerprint density at radius 2 is 1.83 bits per heavy atom. The Bertz CT molecular complexity index is 684. The predicted molar refractivity (Wildman–Crippen MR) is 79.0 cm³/mol. The van der Waals surface area contributed by atoms with E-state index in [1.54, 1.807) is 31.3 Å². The molecule has 0 aliphatic rings. The molecule has 0 radical (unpaired) electrons. The first-order chi connectivity index (χ1) is 10.8. The highest BCUT2D eigenvalue weighted by molar-refractivity contribution is 5.94. The zero-order valence-corrected chi connectivity index (χ0v) is 12.6. The fourth-order valence-corrected chi connectivity index (χ4v) is 1.78. The van der Waals surface area contributed by atoms with Gasteiger partial charge in [-0.1, -0.05) is 0 Å². The molecule has 1 N–H and O–H groups in total. The van der Waals surface area contributed by atoms with Crippen LogP contribution >= 0.6 is 0 Å². The van der Waals surface area contributed by atoms with Gasteiger partial charge in [-0.15, -0.1) is 0 Å². The largest absolute Gasteiger partial charge is 0.416 e. The van der Waals surface area contributed by atoms with Crippen molar-refractivity contribution < 1.29 is 18.0 Å². The van der Waals surface area contributed by atoms with Crippen LogP contribution in [-0.4, -0.2) is 30.0 Å². The van der Waals surface area contributed by atoms with Crippen molar-refractivity contribution in [2.75, 3.05) is 19.0 Å². The number of hydrogen-bond acceptors (Lipinski definition) is 4. The Hall–Kier alpha value is -2.64. The van der Waals surface area contributed by atoms with Crippen molar-refractivity contribution in [3.63, 3.8) is 0 Å². The summed E-state index contributed by atoms with van der Waals surface area (Å²) >= 11 is 0. The van der Waals surface area contributed by atoms with Crippen LogP contribution in [0.5, 0.6) is 0 Å². The molecule has 2 aromatic rings. The fourth-order valence-electron chi connectivity index (χ4n) is 1.78. The second-order valence-corrected chi connectivity index (χ2v) is 5.00. The monoisotopic (exact) mass is 324 g/mol.